The van der Waals surface area contributed by atoms with Crippen LogP contribution in [0, 0.1) is 0 Å². The lowest BCUT2D eigenvalue weighted by molar-refractivity contribution is 0.481. The number of benzene rings is 2. The molecule has 2 rings (SSSR count). The summed E-state index contributed by atoms with van der Waals surface area (Å²) in [6.07, 6.45) is 1.75. The van der Waals surface area contributed by atoms with Crippen molar-refractivity contribution in [3.63, 3.8) is 0 Å². The van der Waals surface area contributed by atoms with Gasteiger partial charge in [-0.2, -0.15) is 5.10 Å². The molecule has 21 heavy (non-hydrogen) atoms. The topological polar surface area (TPSA) is 59.6 Å². The van der Waals surface area contributed by atoms with Gasteiger partial charge in [-0.25, -0.2) is 0 Å². The van der Waals surface area contributed by atoms with E-state index in [4.69, 9.17) is 10.5 Å². The summed E-state index contributed by atoms with van der Waals surface area (Å²) in [5.41, 5.74) is 10.2. The molecule has 0 heterocycles. The van der Waals surface area contributed by atoms with Crippen LogP contribution in [-0.4, -0.2) is 5.71 Å². The minimum atomic E-state index is 0.510. The molecule has 0 spiro atoms. The van der Waals surface area contributed by atoms with Crippen LogP contribution in [0.15, 0.2) is 71.6 Å². The summed E-state index contributed by atoms with van der Waals surface area (Å²) in [4.78, 5) is 0. The van der Waals surface area contributed by atoms with E-state index in [1.54, 1.807) is 6.08 Å². The molecule has 3 N–H and O–H groups in total. The van der Waals surface area contributed by atoms with Gasteiger partial charge in [-0.15, -0.1) is 0 Å². The summed E-state index contributed by atoms with van der Waals surface area (Å²) < 4.78 is 5.91. The van der Waals surface area contributed by atoms with Crippen molar-refractivity contribution < 1.29 is 4.74 Å². The van der Waals surface area contributed by atoms with Gasteiger partial charge in [-0.05, 0) is 44.2 Å². The average Bonchev–Trinajstić information content (AvgIpc) is 2.53. The fraction of sp³-hybridized carbons (Fsp3) is 0.118. The highest BCUT2D eigenvalue weighted by atomic mass is 16.5. The Bertz CT molecular complexity index is 648. The Morgan fingerprint density at radius 3 is 2.48 bits per heavy atom. The number of allylic oxidation sites excluding steroid dienone is 1. The van der Waals surface area contributed by atoms with E-state index in [0.29, 0.717) is 5.82 Å². The Labute approximate surface area is 124 Å². The Morgan fingerprint density at radius 1 is 1.10 bits per heavy atom. The summed E-state index contributed by atoms with van der Waals surface area (Å²) in [5.74, 6) is 2.06. The maximum Gasteiger partial charge on any atom is 0.136 e. The number of nitrogens with one attached hydrogen (secondary N) is 1. The number of hydrazone groups is 1. The predicted octanol–water partition coefficient (Wildman–Crippen LogP) is 3.61. The smallest absolute Gasteiger partial charge is 0.136 e. The summed E-state index contributed by atoms with van der Waals surface area (Å²) >= 11 is 0. The molecule has 0 saturated heterocycles. The van der Waals surface area contributed by atoms with Gasteiger partial charge in [0.15, 0.2) is 0 Å². The first-order valence-corrected chi connectivity index (χ1v) is 6.75. The fourth-order valence-corrected chi connectivity index (χ4v) is 1.74. The van der Waals surface area contributed by atoms with Crippen molar-refractivity contribution >= 4 is 5.71 Å². The maximum atomic E-state index is 5.91. The van der Waals surface area contributed by atoms with E-state index in [1.165, 1.54) is 0 Å². The molecule has 0 amide bonds. The summed E-state index contributed by atoms with van der Waals surface area (Å²) in [6, 6.07) is 17.4. The number of nitrogens with zero attached hydrogens (tertiary/aromatic N) is 1. The van der Waals surface area contributed by atoms with Crippen molar-refractivity contribution in [2.45, 2.75) is 13.8 Å². The number of hydrogen-bond donors (Lipinski definition) is 2. The molecule has 0 atom stereocenters. The van der Waals surface area contributed by atoms with Crippen LogP contribution in [0.5, 0.6) is 11.5 Å². The monoisotopic (exact) mass is 281 g/mol. The van der Waals surface area contributed by atoms with Crippen molar-refractivity contribution in [3.05, 3.63) is 72.1 Å². The summed E-state index contributed by atoms with van der Waals surface area (Å²) in [5, 5.41) is 4.26. The molecule has 4 heteroatoms. The van der Waals surface area contributed by atoms with Gasteiger partial charge in [0.05, 0.1) is 5.71 Å². The lowest BCUT2D eigenvalue weighted by atomic mass is 10.1. The van der Waals surface area contributed by atoms with E-state index < -0.39 is 0 Å². The Hall–Kier alpha value is -2.75. The second-order valence-corrected chi connectivity index (χ2v) is 4.46. The van der Waals surface area contributed by atoms with E-state index in [9.17, 15) is 0 Å². The molecule has 0 saturated carbocycles. The van der Waals surface area contributed by atoms with Crippen LogP contribution < -0.4 is 15.9 Å². The molecular weight excluding hydrogens is 262 g/mol. The third kappa shape index (κ3) is 4.11. The van der Waals surface area contributed by atoms with Crippen molar-refractivity contribution in [2.75, 3.05) is 0 Å². The lowest BCUT2D eigenvalue weighted by Gasteiger charge is -2.11. The third-order valence-corrected chi connectivity index (χ3v) is 2.91. The maximum absolute atomic E-state index is 5.91. The largest absolute Gasteiger partial charge is 0.457 e. The summed E-state index contributed by atoms with van der Waals surface area (Å²) in [7, 11) is 0. The molecule has 0 unspecified atom stereocenters. The molecule has 108 valence electrons. The van der Waals surface area contributed by atoms with Gasteiger partial charge in [0, 0.05) is 5.56 Å². The molecule has 0 fully saturated rings. The zero-order chi connectivity index (χ0) is 15.1. The molecule has 0 aliphatic rings. The van der Waals surface area contributed by atoms with Gasteiger partial charge in [-0.1, -0.05) is 30.3 Å². The highest BCUT2D eigenvalue weighted by molar-refractivity contribution is 6.01. The predicted molar refractivity (Wildman–Crippen MR) is 86.2 cm³/mol. The minimum absolute atomic E-state index is 0.510. The van der Waals surface area contributed by atoms with Crippen molar-refractivity contribution in [3.8, 4) is 11.5 Å². The highest BCUT2D eigenvalue weighted by Gasteiger charge is 2.07. The Morgan fingerprint density at radius 2 is 1.76 bits per heavy atom. The molecule has 0 radical (unpaired) electrons. The van der Waals surface area contributed by atoms with E-state index in [2.05, 4.69) is 10.5 Å². The van der Waals surface area contributed by atoms with E-state index in [-0.39, 0.29) is 0 Å². The van der Waals surface area contributed by atoms with Crippen LogP contribution in [0.3, 0.4) is 0 Å². The Balaban J connectivity index is 2.24. The van der Waals surface area contributed by atoms with Crippen molar-refractivity contribution in [2.24, 2.45) is 10.8 Å². The second-order valence-electron chi connectivity index (χ2n) is 4.46. The van der Waals surface area contributed by atoms with E-state index >= 15 is 0 Å². The zero-order valence-corrected chi connectivity index (χ0v) is 12.2. The van der Waals surface area contributed by atoms with Gasteiger partial charge >= 0.3 is 0 Å². The second kappa shape index (κ2) is 7.14. The first-order chi connectivity index (χ1) is 10.2. The van der Waals surface area contributed by atoms with Crippen LogP contribution in [0.25, 0.3) is 0 Å². The van der Waals surface area contributed by atoms with Crippen LogP contribution in [0.2, 0.25) is 0 Å². The third-order valence-electron chi connectivity index (χ3n) is 2.91. The van der Waals surface area contributed by atoms with Crippen LogP contribution in [0.4, 0.5) is 0 Å². The van der Waals surface area contributed by atoms with Crippen LogP contribution >= 0.6 is 0 Å². The standard InChI is InChI=1S/C17H19N3O/c1-3-17(18)20-19-13(2)15-11-7-8-12-16(15)21-14-9-5-4-6-10-14/h3-12,20H,18H2,1-2H3/b17-3-,19-13+. The Kier molecular flexibility index (Phi) is 4.99. The number of para-hydroxylation sites is 2. The number of hydrogen-bond acceptors (Lipinski definition) is 4. The normalized spacial score (nSPS) is 12.1. The number of nitrogens with two attached hydrogens (primary N) is 1. The molecule has 0 aliphatic heterocycles. The van der Waals surface area contributed by atoms with Crippen LogP contribution in [0.1, 0.15) is 19.4 Å². The lowest BCUT2D eigenvalue weighted by Crippen LogP contribution is -2.16. The van der Waals surface area contributed by atoms with Crippen molar-refractivity contribution in [1.82, 2.24) is 5.43 Å². The molecule has 2 aromatic carbocycles. The zero-order valence-electron chi connectivity index (χ0n) is 12.2. The minimum Gasteiger partial charge on any atom is -0.457 e. The number of rotatable bonds is 5. The van der Waals surface area contributed by atoms with Gasteiger partial charge in [0.2, 0.25) is 0 Å². The SMILES string of the molecule is C/C=C(/N)N/N=C(\C)c1ccccc1Oc1ccccc1. The molecule has 2 aromatic rings. The van der Waals surface area contributed by atoms with E-state index in [0.717, 1.165) is 22.8 Å². The van der Waals surface area contributed by atoms with Gasteiger partial charge in [-0.3, -0.25) is 5.43 Å². The highest BCUT2D eigenvalue weighted by Crippen LogP contribution is 2.25. The molecule has 4 nitrogen and oxygen atoms in total. The van der Waals surface area contributed by atoms with Crippen LogP contribution in [-0.2, 0) is 0 Å². The fourth-order valence-electron chi connectivity index (χ4n) is 1.74. The average molecular weight is 281 g/mol. The molecule has 0 bridgehead atoms. The molecular formula is C17H19N3O. The molecule has 0 aromatic heterocycles. The molecule has 0 aliphatic carbocycles. The van der Waals surface area contributed by atoms with E-state index in [1.807, 2.05) is 68.4 Å². The first-order valence-electron chi connectivity index (χ1n) is 6.75. The van der Waals surface area contributed by atoms with Gasteiger partial charge < -0.3 is 10.5 Å². The number of ether oxygens (including phenoxy) is 1. The summed E-state index contributed by atoms with van der Waals surface area (Å²) in [6.45, 7) is 3.75. The first kappa shape index (κ1) is 14.7. The quantitative estimate of drug-likeness (QED) is 0.650. The van der Waals surface area contributed by atoms with Gasteiger partial charge in [0.1, 0.15) is 17.3 Å². The van der Waals surface area contributed by atoms with Crippen molar-refractivity contribution in [1.29, 1.82) is 0 Å². The van der Waals surface area contributed by atoms with Gasteiger partial charge in [0.25, 0.3) is 0 Å².